The molecular formula is C19H15N5OS. The molecule has 7 heteroatoms. The maximum Gasteiger partial charge on any atom is 0.274 e. The van der Waals surface area contributed by atoms with Crippen LogP contribution < -0.4 is 10.2 Å². The number of hydrogen-bond donors (Lipinski definition) is 1. The number of nitrogens with one attached hydrogen (secondary N) is 1. The average Bonchev–Trinajstić information content (AvgIpc) is 3.03. The van der Waals surface area contributed by atoms with Crippen molar-refractivity contribution in [2.45, 2.75) is 0 Å². The van der Waals surface area contributed by atoms with E-state index < -0.39 is 0 Å². The van der Waals surface area contributed by atoms with Gasteiger partial charge in [0.1, 0.15) is 0 Å². The lowest BCUT2D eigenvalue weighted by molar-refractivity contribution is 0.0952. The predicted octanol–water partition coefficient (Wildman–Crippen LogP) is 2.94. The monoisotopic (exact) mass is 361 g/mol. The van der Waals surface area contributed by atoms with Crippen LogP contribution in [-0.4, -0.2) is 20.4 Å². The fourth-order valence-corrected chi connectivity index (χ4v) is 3.51. The number of benzene rings is 2. The Labute approximate surface area is 153 Å². The molecule has 1 N–H and O–H groups in total. The fourth-order valence-electron chi connectivity index (χ4n) is 2.53. The zero-order chi connectivity index (χ0) is 17.9. The number of thiazole rings is 1. The number of nitrogens with zero attached hydrogens (tertiary/aromatic N) is 4. The lowest BCUT2D eigenvalue weighted by atomic mass is 10.2. The number of rotatable bonds is 3. The SMILES string of the molecule is Cn1/c(=N\NC(=O)c2cnc(-c3ccccc3)nc2)sc2ccccc21. The van der Waals surface area contributed by atoms with E-state index in [0.29, 0.717) is 16.2 Å². The molecule has 0 saturated carbocycles. The highest BCUT2D eigenvalue weighted by atomic mass is 32.1. The molecule has 2 aromatic carbocycles. The van der Waals surface area contributed by atoms with E-state index in [0.717, 1.165) is 15.8 Å². The molecule has 0 aliphatic carbocycles. The smallest absolute Gasteiger partial charge is 0.274 e. The summed E-state index contributed by atoms with van der Waals surface area (Å²) < 4.78 is 3.05. The lowest BCUT2D eigenvalue weighted by Gasteiger charge is -2.02. The predicted molar refractivity (Wildman–Crippen MR) is 101 cm³/mol. The lowest BCUT2D eigenvalue weighted by Crippen LogP contribution is -2.23. The van der Waals surface area contributed by atoms with E-state index in [1.165, 1.54) is 23.7 Å². The van der Waals surface area contributed by atoms with Gasteiger partial charge in [0, 0.05) is 25.0 Å². The van der Waals surface area contributed by atoms with Crippen LogP contribution in [0.4, 0.5) is 0 Å². The third kappa shape index (κ3) is 3.12. The minimum Gasteiger partial charge on any atom is -0.318 e. The Morgan fingerprint density at radius 2 is 1.73 bits per heavy atom. The highest BCUT2D eigenvalue weighted by Crippen LogP contribution is 2.15. The van der Waals surface area contributed by atoms with Crippen LogP contribution in [0.1, 0.15) is 10.4 Å². The first kappa shape index (κ1) is 16.2. The second-order valence-electron chi connectivity index (χ2n) is 5.63. The van der Waals surface area contributed by atoms with Crippen LogP contribution in [0, 0.1) is 0 Å². The first-order valence-electron chi connectivity index (χ1n) is 7.98. The molecule has 4 rings (SSSR count). The van der Waals surface area contributed by atoms with Crippen molar-refractivity contribution in [2.75, 3.05) is 0 Å². The molecular weight excluding hydrogens is 346 g/mol. The summed E-state index contributed by atoms with van der Waals surface area (Å²) in [7, 11) is 1.92. The number of carbonyl (C=O) groups excluding carboxylic acids is 1. The van der Waals surface area contributed by atoms with Gasteiger partial charge in [-0.15, -0.1) is 5.10 Å². The second-order valence-corrected chi connectivity index (χ2v) is 6.63. The molecule has 0 spiro atoms. The summed E-state index contributed by atoms with van der Waals surface area (Å²) in [5, 5.41) is 4.23. The van der Waals surface area contributed by atoms with Crippen molar-refractivity contribution in [3.8, 4) is 11.4 Å². The Morgan fingerprint density at radius 3 is 2.46 bits per heavy atom. The molecule has 2 aromatic heterocycles. The molecule has 0 aliphatic heterocycles. The van der Waals surface area contributed by atoms with Crippen molar-refractivity contribution >= 4 is 27.5 Å². The molecule has 0 radical (unpaired) electrons. The standard InChI is InChI=1S/C19H15N5OS/c1-24-15-9-5-6-10-16(15)26-19(24)23-22-18(25)14-11-20-17(21-12-14)13-7-3-2-4-8-13/h2-12H,1H3,(H,22,25)/b23-19+. The van der Waals surface area contributed by atoms with Gasteiger partial charge in [0.15, 0.2) is 5.82 Å². The van der Waals surface area contributed by atoms with Crippen LogP contribution in [0.15, 0.2) is 72.1 Å². The topological polar surface area (TPSA) is 72.2 Å². The van der Waals surface area contributed by atoms with Crippen LogP contribution in [0.5, 0.6) is 0 Å². The van der Waals surface area contributed by atoms with Crippen molar-refractivity contribution in [2.24, 2.45) is 12.1 Å². The number of para-hydroxylation sites is 1. The van der Waals surface area contributed by atoms with Crippen molar-refractivity contribution in [3.05, 3.63) is 77.4 Å². The Balaban J connectivity index is 1.55. The van der Waals surface area contributed by atoms with Crippen molar-refractivity contribution in [1.82, 2.24) is 20.0 Å². The van der Waals surface area contributed by atoms with Gasteiger partial charge in [0.2, 0.25) is 4.80 Å². The number of aromatic nitrogens is 3. The molecule has 26 heavy (non-hydrogen) atoms. The van der Waals surface area contributed by atoms with Crippen molar-refractivity contribution in [3.63, 3.8) is 0 Å². The summed E-state index contributed by atoms with van der Waals surface area (Å²) in [5.41, 5.74) is 4.90. The highest BCUT2D eigenvalue weighted by Gasteiger charge is 2.08. The fraction of sp³-hybridized carbons (Fsp3) is 0.0526. The molecule has 0 fully saturated rings. The van der Waals surface area contributed by atoms with Crippen LogP contribution in [0.3, 0.4) is 0 Å². The molecule has 0 aliphatic rings. The van der Waals surface area contributed by atoms with E-state index in [4.69, 9.17) is 0 Å². The van der Waals surface area contributed by atoms with E-state index in [2.05, 4.69) is 20.5 Å². The van der Waals surface area contributed by atoms with Gasteiger partial charge in [0.25, 0.3) is 5.91 Å². The van der Waals surface area contributed by atoms with E-state index in [9.17, 15) is 4.79 Å². The molecule has 0 bridgehead atoms. The van der Waals surface area contributed by atoms with Gasteiger partial charge in [-0.1, -0.05) is 53.8 Å². The van der Waals surface area contributed by atoms with Gasteiger partial charge in [0.05, 0.1) is 15.8 Å². The number of hydrogen-bond acceptors (Lipinski definition) is 5. The zero-order valence-corrected chi connectivity index (χ0v) is 14.8. The van der Waals surface area contributed by atoms with E-state index in [-0.39, 0.29) is 5.91 Å². The van der Waals surface area contributed by atoms with E-state index in [1.807, 2.05) is 66.2 Å². The number of aryl methyl sites for hydroxylation is 1. The molecule has 0 atom stereocenters. The zero-order valence-electron chi connectivity index (χ0n) is 14.0. The summed E-state index contributed by atoms with van der Waals surface area (Å²) in [4.78, 5) is 21.5. The minimum atomic E-state index is -0.345. The quantitative estimate of drug-likeness (QED) is 0.570. The molecule has 128 valence electrons. The second kappa shape index (κ2) is 6.89. The summed E-state index contributed by atoms with van der Waals surface area (Å²) in [6, 6.07) is 17.6. The van der Waals surface area contributed by atoms with Crippen LogP contribution in [-0.2, 0) is 7.05 Å². The van der Waals surface area contributed by atoms with Crippen molar-refractivity contribution in [1.29, 1.82) is 0 Å². The maximum absolute atomic E-state index is 12.3. The van der Waals surface area contributed by atoms with Gasteiger partial charge in [-0.2, -0.15) is 0 Å². The van der Waals surface area contributed by atoms with Crippen LogP contribution >= 0.6 is 11.3 Å². The number of amides is 1. The van der Waals surface area contributed by atoms with Gasteiger partial charge >= 0.3 is 0 Å². The van der Waals surface area contributed by atoms with Gasteiger partial charge in [-0.25, -0.2) is 15.4 Å². The van der Waals surface area contributed by atoms with Crippen molar-refractivity contribution < 1.29 is 4.79 Å². The minimum absolute atomic E-state index is 0.345. The summed E-state index contributed by atoms with van der Waals surface area (Å²) in [5.74, 6) is 0.233. The molecule has 0 unspecified atom stereocenters. The normalized spacial score (nSPS) is 11.7. The molecule has 0 saturated heterocycles. The third-order valence-corrected chi connectivity index (χ3v) is 5.03. The van der Waals surface area contributed by atoms with E-state index in [1.54, 1.807) is 0 Å². The third-order valence-electron chi connectivity index (χ3n) is 3.91. The number of fused-ring (bicyclic) bond motifs is 1. The Morgan fingerprint density at radius 1 is 1.04 bits per heavy atom. The van der Waals surface area contributed by atoms with Gasteiger partial charge < -0.3 is 4.57 Å². The number of carbonyl (C=O) groups is 1. The summed E-state index contributed by atoms with van der Waals surface area (Å²) in [6.45, 7) is 0. The maximum atomic E-state index is 12.3. The Hall–Kier alpha value is -3.32. The van der Waals surface area contributed by atoms with Crippen LogP contribution in [0.2, 0.25) is 0 Å². The van der Waals surface area contributed by atoms with E-state index >= 15 is 0 Å². The molecule has 6 nitrogen and oxygen atoms in total. The first-order valence-corrected chi connectivity index (χ1v) is 8.80. The Kier molecular flexibility index (Phi) is 4.28. The molecule has 1 amide bonds. The summed E-state index contributed by atoms with van der Waals surface area (Å²) >= 11 is 1.51. The average molecular weight is 361 g/mol. The highest BCUT2D eigenvalue weighted by molar-refractivity contribution is 7.16. The molecule has 4 aromatic rings. The van der Waals surface area contributed by atoms with Gasteiger partial charge in [-0.3, -0.25) is 4.79 Å². The van der Waals surface area contributed by atoms with Gasteiger partial charge in [-0.05, 0) is 12.1 Å². The summed E-state index contributed by atoms with van der Waals surface area (Å²) in [6.07, 6.45) is 3.01. The van der Waals surface area contributed by atoms with Crippen LogP contribution in [0.25, 0.3) is 21.6 Å². The first-order chi connectivity index (χ1) is 12.7. The Bertz CT molecular complexity index is 1130. The largest absolute Gasteiger partial charge is 0.318 e. The molecule has 2 heterocycles.